The molecule has 0 radical (unpaired) electrons. The number of nitrogens with zero attached hydrogens (tertiary/aromatic N) is 1. The molecular formula is C16H15ClN2O2S. The van der Waals surface area contributed by atoms with Gasteiger partial charge in [0, 0.05) is 10.4 Å². The van der Waals surface area contributed by atoms with Gasteiger partial charge in [0.25, 0.3) is 5.56 Å². The number of rotatable bonds is 3. The summed E-state index contributed by atoms with van der Waals surface area (Å²) >= 11 is 7.29. The van der Waals surface area contributed by atoms with Crippen molar-refractivity contribution in [3.63, 3.8) is 0 Å². The number of fused-ring (bicyclic) bond motifs is 1. The van der Waals surface area contributed by atoms with Gasteiger partial charge in [0.05, 0.1) is 18.4 Å². The first-order valence-corrected chi connectivity index (χ1v) is 8.13. The van der Waals surface area contributed by atoms with E-state index in [0.29, 0.717) is 11.2 Å². The van der Waals surface area contributed by atoms with Crippen LogP contribution in [0.5, 0.6) is 5.75 Å². The van der Waals surface area contributed by atoms with E-state index >= 15 is 0 Å². The molecule has 3 rings (SSSR count). The molecule has 6 heteroatoms. The van der Waals surface area contributed by atoms with Gasteiger partial charge >= 0.3 is 0 Å². The molecule has 0 aliphatic heterocycles. The maximum atomic E-state index is 12.4. The Morgan fingerprint density at radius 1 is 1.36 bits per heavy atom. The number of hydrogen-bond donors (Lipinski definition) is 1. The number of aromatic nitrogens is 2. The van der Waals surface area contributed by atoms with Crippen molar-refractivity contribution in [3.8, 4) is 16.9 Å². The van der Waals surface area contributed by atoms with Crippen molar-refractivity contribution in [1.82, 2.24) is 9.97 Å². The number of ether oxygens (including phenoxy) is 1. The van der Waals surface area contributed by atoms with Gasteiger partial charge in [-0.25, -0.2) is 4.98 Å². The minimum atomic E-state index is -0.145. The molecule has 0 spiro atoms. The van der Waals surface area contributed by atoms with E-state index in [-0.39, 0.29) is 11.4 Å². The van der Waals surface area contributed by atoms with Crippen molar-refractivity contribution >= 4 is 33.2 Å². The highest BCUT2D eigenvalue weighted by molar-refractivity contribution is 7.19. The number of nitrogens with one attached hydrogen (secondary N) is 1. The van der Waals surface area contributed by atoms with Gasteiger partial charge in [-0.3, -0.25) is 4.79 Å². The van der Waals surface area contributed by atoms with Crippen molar-refractivity contribution in [3.05, 3.63) is 44.8 Å². The lowest BCUT2D eigenvalue weighted by molar-refractivity contribution is 0.412. The van der Waals surface area contributed by atoms with Crippen LogP contribution in [0.3, 0.4) is 0 Å². The average Bonchev–Trinajstić information content (AvgIpc) is 2.83. The molecule has 0 saturated carbocycles. The quantitative estimate of drug-likeness (QED) is 0.736. The van der Waals surface area contributed by atoms with Crippen LogP contribution in [0.4, 0.5) is 0 Å². The zero-order chi connectivity index (χ0) is 15.9. The summed E-state index contributed by atoms with van der Waals surface area (Å²) < 4.78 is 5.30. The number of methoxy groups -OCH3 is 1. The lowest BCUT2D eigenvalue weighted by atomic mass is 10.0. The SMILES string of the molecule is COc1ccc(-c2c(C)sc3nc(CCl)[nH]c(=O)c23)cc1C. The number of aromatic amines is 1. The van der Waals surface area contributed by atoms with Gasteiger partial charge in [-0.1, -0.05) is 6.07 Å². The molecule has 22 heavy (non-hydrogen) atoms. The third kappa shape index (κ3) is 2.40. The fourth-order valence-corrected chi connectivity index (χ4v) is 3.80. The molecule has 4 nitrogen and oxygen atoms in total. The second-order valence-corrected chi connectivity index (χ2v) is 6.51. The van der Waals surface area contributed by atoms with Crippen LogP contribution in [-0.4, -0.2) is 17.1 Å². The number of halogens is 1. The monoisotopic (exact) mass is 334 g/mol. The normalized spacial score (nSPS) is 11.1. The summed E-state index contributed by atoms with van der Waals surface area (Å²) in [6.07, 6.45) is 0. The molecule has 0 amide bonds. The maximum absolute atomic E-state index is 12.4. The van der Waals surface area contributed by atoms with Gasteiger partial charge < -0.3 is 9.72 Å². The topological polar surface area (TPSA) is 55.0 Å². The zero-order valence-electron chi connectivity index (χ0n) is 12.5. The van der Waals surface area contributed by atoms with E-state index in [1.807, 2.05) is 32.0 Å². The van der Waals surface area contributed by atoms with Crippen molar-refractivity contribution in [2.75, 3.05) is 7.11 Å². The third-order valence-electron chi connectivity index (χ3n) is 3.60. The van der Waals surface area contributed by atoms with E-state index in [4.69, 9.17) is 16.3 Å². The van der Waals surface area contributed by atoms with E-state index in [1.54, 1.807) is 7.11 Å². The molecule has 2 heterocycles. The number of thiophene rings is 1. The molecule has 0 aliphatic rings. The largest absolute Gasteiger partial charge is 0.496 e. The van der Waals surface area contributed by atoms with E-state index in [2.05, 4.69) is 9.97 Å². The first-order chi connectivity index (χ1) is 10.5. The van der Waals surface area contributed by atoms with Crippen molar-refractivity contribution in [2.45, 2.75) is 19.7 Å². The van der Waals surface area contributed by atoms with E-state index < -0.39 is 0 Å². The highest BCUT2D eigenvalue weighted by Gasteiger charge is 2.17. The molecule has 0 bridgehead atoms. The lowest BCUT2D eigenvalue weighted by Crippen LogP contribution is -2.10. The summed E-state index contributed by atoms with van der Waals surface area (Å²) in [4.78, 5) is 21.4. The van der Waals surface area contributed by atoms with Crippen LogP contribution in [-0.2, 0) is 5.88 Å². The van der Waals surface area contributed by atoms with Crippen LogP contribution in [0.1, 0.15) is 16.3 Å². The average molecular weight is 335 g/mol. The Kier molecular flexibility index (Phi) is 3.93. The second kappa shape index (κ2) is 5.74. The van der Waals surface area contributed by atoms with Crippen LogP contribution in [0.25, 0.3) is 21.3 Å². The summed E-state index contributed by atoms with van der Waals surface area (Å²) in [5.41, 5.74) is 2.81. The Balaban J connectivity index is 2.29. The van der Waals surface area contributed by atoms with Gasteiger partial charge in [-0.05, 0) is 37.1 Å². The standard InChI is InChI=1S/C16H15ClN2O2S/c1-8-6-10(4-5-11(8)21-3)13-9(2)22-16-14(13)15(20)18-12(7-17)19-16/h4-6H,7H2,1-3H3,(H,18,19,20). The van der Waals surface area contributed by atoms with Crippen LogP contribution in [0, 0.1) is 13.8 Å². The van der Waals surface area contributed by atoms with Crippen molar-refractivity contribution in [2.24, 2.45) is 0 Å². The number of H-pyrrole nitrogens is 1. The Hall–Kier alpha value is -1.85. The Morgan fingerprint density at radius 3 is 2.77 bits per heavy atom. The fraction of sp³-hybridized carbons (Fsp3) is 0.250. The number of hydrogen-bond acceptors (Lipinski definition) is 4. The predicted octanol–water partition coefficient (Wildman–Crippen LogP) is 4.02. The van der Waals surface area contributed by atoms with Crippen LogP contribution >= 0.6 is 22.9 Å². The molecule has 0 atom stereocenters. The van der Waals surface area contributed by atoms with Crippen LogP contribution in [0.15, 0.2) is 23.0 Å². The van der Waals surface area contributed by atoms with E-state index in [9.17, 15) is 4.79 Å². The molecule has 1 N–H and O–H groups in total. The van der Waals surface area contributed by atoms with Gasteiger partial charge in [0.1, 0.15) is 16.4 Å². The molecule has 0 aliphatic carbocycles. The maximum Gasteiger partial charge on any atom is 0.260 e. The Bertz CT molecular complexity index is 914. The summed E-state index contributed by atoms with van der Waals surface area (Å²) in [6, 6.07) is 5.92. The van der Waals surface area contributed by atoms with Gasteiger partial charge in [0.15, 0.2) is 0 Å². The van der Waals surface area contributed by atoms with Crippen molar-refractivity contribution in [1.29, 1.82) is 0 Å². The summed E-state index contributed by atoms with van der Waals surface area (Å²) in [5, 5.41) is 0.626. The van der Waals surface area contributed by atoms with Crippen molar-refractivity contribution < 1.29 is 4.74 Å². The number of benzene rings is 1. The van der Waals surface area contributed by atoms with Crippen LogP contribution < -0.4 is 10.3 Å². The highest BCUT2D eigenvalue weighted by Crippen LogP contribution is 2.37. The van der Waals surface area contributed by atoms with Gasteiger partial charge in [-0.15, -0.1) is 22.9 Å². The van der Waals surface area contributed by atoms with Crippen LogP contribution in [0.2, 0.25) is 0 Å². The molecule has 114 valence electrons. The summed E-state index contributed by atoms with van der Waals surface area (Å²) in [6.45, 7) is 3.99. The smallest absolute Gasteiger partial charge is 0.260 e. The third-order valence-corrected chi connectivity index (χ3v) is 4.85. The molecule has 1 aromatic carbocycles. The first kappa shape index (κ1) is 15.1. The minimum Gasteiger partial charge on any atom is -0.496 e. The first-order valence-electron chi connectivity index (χ1n) is 6.78. The summed E-state index contributed by atoms with van der Waals surface area (Å²) in [7, 11) is 1.65. The number of aryl methyl sites for hydroxylation is 2. The molecule has 2 aromatic heterocycles. The highest BCUT2D eigenvalue weighted by atomic mass is 35.5. The van der Waals surface area contributed by atoms with Gasteiger partial charge in [-0.2, -0.15) is 0 Å². The number of alkyl halides is 1. The molecular weight excluding hydrogens is 320 g/mol. The summed E-state index contributed by atoms with van der Waals surface area (Å²) in [5.74, 6) is 1.52. The Morgan fingerprint density at radius 2 is 2.14 bits per heavy atom. The van der Waals surface area contributed by atoms with Gasteiger partial charge in [0.2, 0.25) is 0 Å². The van der Waals surface area contributed by atoms with E-state index in [0.717, 1.165) is 32.1 Å². The minimum absolute atomic E-state index is 0.145. The molecule has 0 fully saturated rings. The van der Waals surface area contributed by atoms with E-state index in [1.165, 1.54) is 11.3 Å². The molecule has 0 unspecified atom stereocenters. The predicted molar refractivity (Wildman–Crippen MR) is 91.3 cm³/mol. The fourth-order valence-electron chi connectivity index (χ4n) is 2.61. The lowest BCUT2D eigenvalue weighted by Gasteiger charge is -2.08. The molecule has 3 aromatic rings. The zero-order valence-corrected chi connectivity index (χ0v) is 14.1. The second-order valence-electron chi connectivity index (χ2n) is 5.04. The Labute approximate surface area is 136 Å². The molecule has 0 saturated heterocycles.